The van der Waals surface area contributed by atoms with Gasteiger partial charge >= 0.3 is 0 Å². The highest BCUT2D eigenvalue weighted by molar-refractivity contribution is 5.18. The molecule has 3 fully saturated rings. The Bertz CT molecular complexity index is 458. The minimum atomic E-state index is 0.248. The van der Waals surface area contributed by atoms with Crippen molar-refractivity contribution < 1.29 is 5.11 Å². The van der Waals surface area contributed by atoms with Crippen LogP contribution in [0.2, 0.25) is 0 Å². The van der Waals surface area contributed by atoms with Gasteiger partial charge in [-0.3, -0.25) is 4.98 Å². The second-order valence-electron chi connectivity index (χ2n) is 6.65. The van der Waals surface area contributed by atoms with E-state index in [2.05, 4.69) is 10.3 Å². The molecule has 5 atom stereocenters. The zero-order valence-electron chi connectivity index (χ0n) is 11.3. The summed E-state index contributed by atoms with van der Waals surface area (Å²) in [5, 5.41) is 13.0. The van der Waals surface area contributed by atoms with Crippen molar-refractivity contribution in [1.29, 1.82) is 0 Å². The molecule has 1 heterocycles. The van der Waals surface area contributed by atoms with Crippen molar-refractivity contribution in [2.75, 3.05) is 0 Å². The first-order valence-corrected chi connectivity index (χ1v) is 7.68. The van der Waals surface area contributed by atoms with Crippen LogP contribution in [-0.2, 0) is 6.54 Å². The molecule has 4 rings (SSSR count). The first kappa shape index (κ1) is 11.7. The van der Waals surface area contributed by atoms with Crippen molar-refractivity contribution in [3.63, 3.8) is 0 Å². The maximum atomic E-state index is 9.24. The van der Waals surface area contributed by atoms with E-state index >= 15 is 0 Å². The molecule has 3 heteroatoms. The van der Waals surface area contributed by atoms with E-state index in [4.69, 9.17) is 0 Å². The highest BCUT2D eigenvalue weighted by Crippen LogP contribution is 2.58. The molecule has 0 radical (unpaired) electrons. The van der Waals surface area contributed by atoms with Crippen LogP contribution in [0.4, 0.5) is 0 Å². The molecule has 1 aromatic rings. The van der Waals surface area contributed by atoms with Crippen LogP contribution in [-0.4, -0.2) is 16.1 Å². The lowest BCUT2D eigenvalue weighted by atomic mass is 9.79. The van der Waals surface area contributed by atoms with Crippen molar-refractivity contribution in [2.45, 2.75) is 44.7 Å². The molecule has 5 unspecified atom stereocenters. The summed E-state index contributed by atoms with van der Waals surface area (Å²) in [5.41, 5.74) is 1.03. The van der Waals surface area contributed by atoms with Gasteiger partial charge in [-0.2, -0.15) is 0 Å². The minimum Gasteiger partial charge on any atom is -0.506 e. The van der Waals surface area contributed by atoms with E-state index < -0.39 is 0 Å². The van der Waals surface area contributed by atoms with E-state index in [0.29, 0.717) is 6.04 Å². The normalized spacial score (nSPS) is 39.7. The van der Waals surface area contributed by atoms with Gasteiger partial charge in [0.25, 0.3) is 0 Å². The number of rotatable bonds is 3. The van der Waals surface area contributed by atoms with Gasteiger partial charge in [-0.15, -0.1) is 0 Å². The van der Waals surface area contributed by atoms with E-state index in [9.17, 15) is 5.11 Å². The van der Waals surface area contributed by atoms with Crippen molar-refractivity contribution in [1.82, 2.24) is 10.3 Å². The fraction of sp³-hybridized carbons (Fsp3) is 0.688. The SMILES string of the molecule is Oc1ccc(CNC2CC3CC2C2CCCC32)nc1. The van der Waals surface area contributed by atoms with E-state index in [1.165, 1.54) is 38.3 Å². The number of hydrogen-bond donors (Lipinski definition) is 2. The third-order valence-corrected chi connectivity index (χ3v) is 5.78. The molecule has 3 aliphatic carbocycles. The molecule has 3 nitrogen and oxygen atoms in total. The Hall–Kier alpha value is -1.09. The number of pyridine rings is 1. The second kappa shape index (κ2) is 4.48. The van der Waals surface area contributed by atoms with Gasteiger partial charge in [0.15, 0.2) is 0 Å². The fourth-order valence-corrected chi connectivity index (χ4v) is 5.06. The molecule has 0 spiro atoms. The summed E-state index contributed by atoms with van der Waals surface area (Å²) < 4.78 is 0. The third-order valence-electron chi connectivity index (χ3n) is 5.78. The average molecular weight is 258 g/mol. The molecule has 2 bridgehead atoms. The van der Waals surface area contributed by atoms with Crippen molar-refractivity contribution >= 4 is 0 Å². The highest BCUT2D eigenvalue weighted by Gasteiger charge is 2.53. The summed E-state index contributed by atoms with van der Waals surface area (Å²) in [5.74, 6) is 4.26. The fourth-order valence-electron chi connectivity index (χ4n) is 5.06. The van der Waals surface area contributed by atoms with Gasteiger partial charge in [-0.05, 0) is 61.5 Å². The Labute approximate surface area is 114 Å². The predicted octanol–water partition coefficient (Wildman–Crippen LogP) is 2.70. The molecule has 3 aliphatic rings. The van der Waals surface area contributed by atoms with Gasteiger partial charge in [0, 0.05) is 12.6 Å². The molecule has 1 aromatic heterocycles. The van der Waals surface area contributed by atoms with E-state index in [0.717, 1.165) is 35.9 Å². The monoisotopic (exact) mass is 258 g/mol. The van der Waals surface area contributed by atoms with Crippen LogP contribution in [0.1, 0.15) is 37.8 Å². The van der Waals surface area contributed by atoms with E-state index in [1.54, 1.807) is 6.07 Å². The number of aromatic hydroxyl groups is 1. The maximum Gasteiger partial charge on any atom is 0.133 e. The Morgan fingerprint density at radius 1 is 1.16 bits per heavy atom. The third kappa shape index (κ3) is 1.95. The van der Waals surface area contributed by atoms with Gasteiger partial charge < -0.3 is 10.4 Å². The van der Waals surface area contributed by atoms with Crippen LogP contribution >= 0.6 is 0 Å². The van der Waals surface area contributed by atoms with Gasteiger partial charge in [0.2, 0.25) is 0 Å². The lowest BCUT2D eigenvalue weighted by molar-refractivity contribution is 0.207. The molecule has 0 aliphatic heterocycles. The Balaban J connectivity index is 1.38. The molecule has 102 valence electrons. The first-order chi connectivity index (χ1) is 9.31. The molecular weight excluding hydrogens is 236 g/mol. The molecule has 2 N–H and O–H groups in total. The van der Waals surface area contributed by atoms with E-state index in [1.807, 2.05) is 6.07 Å². The lowest BCUT2D eigenvalue weighted by Gasteiger charge is -2.32. The number of nitrogens with one attached hydrogen (secondary N) is 1. The zero-order valence-corrected chi connectivity index (χ0v) is 11.3. The summed E-state index contributed by atoms with van der Waals surface area (Å²) in [6.07, 6.45) is 8.82. The topological polar surface area (TPSA) is 45.1 Å². The summed E-state index contributed by atoms with van der Waals surface area (Å²) in [6, 6.07) is 4.34. The molecule has 0 amide bonds. The zero-order chi connectivity index (χ0) is 12.8. The summed E-state index contributed by atoms with van der Waals surface area (Å²) in [4.78, 5) is 4.26. The van der Waals surface area contributed by atoms with Crippen molar-refractivity contribution in [3.8, 4) is 5.75 Å². The highest BCUT2D eigenvalue weighted by atomic mass is 16.3. The number of nitrogens with zero attached hydrogens (tertiary/aromatic N) is 1. The van der Waals surface area contributed by atoms with Crippen molar-refractivity contribution in [2.24, 2.45) is 23.7 Å². The minimum absolute atomic E-state index is 0.248. The molecule has 3 saturated carbocycles. The molecule has 0 saturated heterocycles. The average Bonchev–Trinajstić information content (AvgIpc) is 3.10. The summed E-state index contributed by atoms with van der Waals surface area (Å²) >= 11 is 0. The number of hydrogen-bond acceptors (Lipinski definition) is 3. The van der Waals surface area contributed by atoms with Crippen LogP contribution < -0.4 is 5.32 Å². The van der Waals surface area contributed by atoms with Gasteiger partial charge in [-0.25, -0.2) is 0 Å². The van der Waals surface area contributed by atoms with E-state index in [-0.39, 0.29) is 5.75 Å². The van der Waals surface area contributed by atoms with Crippen LogP contribution in [0.3, 0.4) is 0 Å². The summed E-state index contributed by atoms with van der Waals surface area (Å²) in [7, 11) is 0. The first-order valence-electron chi connectivity index (χ1n) is 7.68. The van der Waals surface area contributed by atoms with Gasteiger partial charge in [-0.1, -0.05) is 6.42 Å². The van der Waals surface area contributed by atoms with Crippen LogP contribution in [0.25, 0.3) is 0 Å². The largest absolute Gasteiger partial charge is 0.506 e. The number of aromatic nitrogens is 1. The standard InChI is InChI=1S/C16H22N2O/c19-12-5-4-11(17-9-12)8-18-16-7-10-6-15(16)14-3-1-2-13(10)14/h4-5,9-10,13-16,18-19H,1-3,6-8H2. The second-order valence-corrected chi connectivity index (χ2v) is 6.65. The molecule has 19 heavy (non-hydrogen) atoms. The van der Waals surface area contributed by atoms with Crippen LogP contribution in [0, 0.1) is 23.7 Å². The lowest BCUT2D eigenvalue weighted by Crippen LogP contribution is -2.39. The Kier molecular flexibility index (Phi) is 2.76. The van der Waals surface area contributed by atoms with Gasteiger partial charge in [0.05, 0.1) is 11.9 Å². The molecule has 0 aromatic carbocycles. The van der Waals surface area contributed by atoms with Crippen LogP contribution in [0.5, 0.6) is 5.75 Å². The van der Waals surface area contributed by atoms with Gasteiger partial charge in [0.1, 0.15) is 5.75 Å². The molecular formula is C16H22N2O. The smallest absolute Gasteiger partial charge is 0.133 e. The van der Waals surface area contributed by atoms with Crippen LogP contribution in [0.15, 0.2) is 18.3 Å². The van der Waals surface area contributed by atoms with Crippen molar-refractivity contribution in [3.05, 3.63) is 24.0 Å². The quantitative estimate of drug-likeness (QED) is 0.876. The predicted molar refractivity (Wildman–Crippen MR) is 73.6 cm³/mol. The maximum absolute atomic E-state index is 9.24. The Morgan fingerprint density at radius 2 is 2.05 bits per heavy atom. The number of fused-ring (bicyclic) bond motifs is 5. The Morgan fingerprint density at radius 3 is 2.89 bits per heavy atom. The summed E-state index contributed by atoms with van der Waals surface area (Å²) in [6.45, 7) is 0.839.